The molecule has 0 fully saturated rings. The molecule has 3 nitrogen and oxygen atoms in total. The van der Waals surface area contributed by atoms with Crippen LogP contribution in [0.1, 0.15) is 5.56 Å². The van der Waals surface area contributed by atoms with Gasteiger partial charge in [-0.15, -0.1) is 0 Å². The van der Waals surface area contributed by atoms with Gasteiger partial charge in [0, 0.05) is 19.5 Å². The van der Waals surface area contributed by atoms with Crippen molar-refractivity contribution in [2.75, 3.05) is 4.72 Å². The molecule has 0 saturated carbocycles. The molecule has 0 aromatic heterocycles. The Morgan fingerprint density at radius 1 is 1.00 bits per heavy atom. The van der Waals surface area contributed by atoms with Crippen LogP contribution in [0.2, 0.25) is 15.1 Å². The summed E-state index contributed by atoms with van der Waals surface area (Å²) in [6.07, 6.45) is 0. The van der Waals surface area contributed by atoms with E-state index >= 15 is 0 Å². The van der Waals surface area contributed by atoms with Crippen molar-refractivity contribution in [2.45, 2.75) is 11.8 Å². The maximum Gasteiger partial charge on any atom is 0.262 e. The summed E-state index contributed by atoms with van der Waals surface area (Å²) >= 11 is 21.0. The first-order chi connectivity index (χ1) is 9.69. The number of rotatable bonds is 3. The molecular formula is C13H9BrCl3NO2S. The van der Waals surface area contributed by atoms with Gasteiger partial charge < -0.3 is 0 Å². The van der Waals surface area contributed by atoms with Gasteiger partial charge in [-0.3, -0.25) is 4.72 Å². The standard InChI is InChI=1S/C13H9BrCl3NO2S/c1-7-2-11(14)13(6-12(7)17)18-21(19,20)10-4-8(15)3-9(16)5-10/h2-6,18H,1H3. The van der Waals surface area contributed by atoms with Crippen LogP contribution in [0.4, 0.5) is 5.69 Å². The number of halogens is 4. The number of hydrogen-bond donors (Lipinski definition) is 1. The average molecular weight is 430 g/mol. The van der Waals surface area contributed by atoms with E-state index in [1.165, 1.54) is 24.3 Å². The number of benzene rings is 2. The summed E-state index contributed by atoms with van der Waals surface area (Å²) in [5, 5.41) is 0.938. The maximum absolute atomic E-state index is 12.4. The minimum Gasteiger partial charge on any atom is -0.278 e. The lowest BCUT2D eigenvalue weighted by Gasteiger charge is -2.12. The molecule has 0 heterocycles. The lowest BCUT2D eigenvalue weighted by Crippen LogP contribution is -2.13. The average Bonchev–Trinajstić information content (AvgIpc) is 2.34. The van der Waals surface area contributed by atoms with E-state index in [2.05, 4.69) is 20.7 Å². The highest BCUT2D eigenvalue weighted by Gasteiger charge is 2.17. The summed E-state index contributed by atoms with van der Waals surface area (Å²) in [4.78, 5) is -0.0244. The summed E-state index contributed by atoms with van der Waals surface area (Å²) in [5.74, 6) is 0. The molecule has 2 aromatic carbocycles. The fraction of sp³-hybridized carbons (Fsp3) is 0.0769. The van der Waals surface area contributed by atoms with Gasteiger partial charge in [0.05, 0.1) is 10.6 Å². The van der Waals surface area contributed by atoms with Crippen LogP contribution in [-0.4, -0.2) is 8.42 Å². The number of hydrogen-bond acceptors (Lipinski definition) is 2. The lowest BCUT2D eigenvalue weighted by molar-refractivity contribution is 0.601. The molecule has 0 atom stereocenters. The second-order valence-corrected chi connectivity index (χ2v) is 8.11. The first-order valence-corrected chi connectivity index (χ1v) is 9.04. The Hall–Kier alpha value is -0.460. The van der Waals surface area contributed by atoms with E-state index in [0.717, 1.165) is 5.56 Å². The minimum atomic E-state index is -3.82. The van der Waals surface area contributed by atoms with Crippen LogP contribution >= 0.6 is 50.7 Å². The van der Waals surface area contributed by atoms with Gasteiger partial charge >= 0.3 is 0 Å². The number of sulfonamides is 1. The molecule has 0 unspecified atom stereocenters. The zero-order valence-electron chi connectivity index (χ0n) is 10.6. The Balaban J connectivity index is 2.44. The summed E-state index contributed by atoms with van der Waals surface area (Å²) in [5.41, 5.74) is 1.17. The van der Waals surface area contributed by atoms with Crippen molar-refractivity contribution in [3.63, 3.8) is 0 Å². The monoisotopic (exact) mass is 427 g/mol. The van der Waals surface area contributed by atoms with E-state index < -0.39 is 10.0 Å². The largest absolute Gasteiger partial charge is 0.278 e. The summed E-state index contributed by atoms with van der Waals surface area (Å²) in [7, 11) is -3.82. The van der Waals surface area contributed by atoms with Crippen molar-refractivity contribution >= 4 is 66.4 Å². The first-order valence-electron chi connectivity index (χ1n) is 5.63. The highest BCUT2D eigenvalue weighted by Crippen LogP contribution is 2.31. The van der Waals surface area contributed by atoms with Gasteiger partial charge in [-0.05, 0) is 58.7 Å². The van der Waals surface area contributed by atoms with Gasteiger partial charge in [-0.25, -0.2) is 8.42 Å². The normalized spacial score (nSPS) is 11.5. The first kappa shape index (κ1) is 16.9. The van der Waals surface area contributed by atoms with Gasteiger partial charge in [0.15, 0.2) is 0 Å². The number of anilines is 1. The SMILES string of the molecule is Cc1cc(Br)c(NS(=O)(=O)c2cc(Cl)cc(Cl)c2)cc1Cl. The highest BCUT2D eigenvalue weighted by atomic mass is 79.9. The van der Waals surface area contributed by atoms with E-state index in [4.69, 9.17) is 34.8 Å². The molecule has 0 spiro atoms. The van der Waals surface area contributed by atoms with Crippen molar-refractivity contribution in [3.05, 3.63) is 55.4 Å². The Kier molecular flexibility index (Phi) is 5.11. The quantitative estimate of drug-likeness (QED) is 0.698. The van der Waals surface area contributed by atoms with Crippen LogP contribution in [0.5, 0.6) is 0 Å². The Morgan fingerprint density at radius 2 is 1.57 bits per heavy atom. The second kappa shape index (κ2) is 6.34. The maximum atomic E-state index is 12.4. The molecule has 21 heavy (non-hydrogen) atoms. The third kappa shape index (κ3) is 4.05. The van der Waals surface area contributed by atoms with Crippen molar-refractivity contribution < 1.29 is 8.42 Å². The van der Waals surface area contributed by atoms with E-state index in [0.29, 0.717) is 15.2 Å². The van der Waals surface area contributed by atoms with Crippen LogP contribution in [0.25, 0.3) is 0 Å². The summed E-state index contributed by atoms with van der Waals surface area (Å²) < 4.78 is 27.8. The van der Waals surface area contributed by atoms with Crippen LogP contribution in [0, 0.1) is 6.92 Å². The molecule has 8 heteroatoms. The fourth-order valence-corrected chi connectivity index (χ4v) is 4.26. The lowest BCUT2D eigenvalue weighted by atomic mass is 10.2. The summed E-state index contributed by atoms with van der Waals surface area (Å²) in [6.45, 7) is 1.82. The van der Waals surface area contributed by atoms with E-state index in [9.17, 15) is 8.42 Å². The van der Waals surface area contributed by atoms with Gasteiger partial charge in [-0.1, -0.05) is 34.8 Å². The molecule has 0 saturated heterocycles. The van der Waals surface area contributed by atoms with Crippen LogP contribution < -0.4 is 4.72 Å². The number of nitrogens with one attached hydrogen (secondary N) is 1. The van der Waals surface area contributed by atoms with Crippen LogP contribution in [0.3, 0.4) is 0 Å². The van der Waals surface area contributed by atoms with Crippen molar-refractivity contribution in [3.8, 4) is 0 Å². The number of aryl methyl sites for hydroxylation is 1. The van der Waals surface area contributed by atoms with Crippen molar-refractivity contribution in [1.29, 1.82) is 0 Å². The predicted molar refractivity (Wildman–Crippen MR) is 91.2 cm³/mol. The van der Waals surface area contributed by atoms with Gasteiger partial charge in [0.1, 0.15) is 0 Å². The molecule has 0 amide bonds. The van der Waals surface area contributed by atoms with Gasteiger partial charge in [0.2, 0.25) is 0 Å². The van der Waals surface area contributed by atoms with E-state index in [-0.39, 0.29) is 14.9 Å². The van der Waals surface area contributed by atoms with Crippen LogP contribution in [-0.2, 0) is 10.0 Å². The van der Waals surface area contributed by atoms with E-state index in [1.54, 1.807) is 6.07 Å². The molecule has 0 aliphatic heterocycles. The zero-order valence-corrected chi connectivity index (χ0v) is 15.3. The minimum absolute atomic E-state index is 0.0244. The Bertz CT molecular complexity index is 789. The smallest absolute Gasteiger partial charge is 0.262 e. The van der Waals surface area contributed by atoms with Crippen molar-refractivity contribution in [1.82, 2.24) is 0 Å². The Morgan fingerprint density at radius 3 is 2.14 bits per heavy atom. The second-order valence-electron chi connectivity index (χ2n) is 4.29. The Labute approximate surface area is 146 Å². The fourth-order valence-electron chi connectivity index (χ4n) is 1.61. The molecule has 1 N–H and O–H groups in total. The molecular weight excluding hydrogens is 420 g/mol. The summed E-state index contributed by atoms with van der Waals surface area (Å²) in [6, 6.07) is 7.36. The molecule has 0 aliphatic rings. The predicted octanol–water partition coefficient (Wildman–Crippen LogP) is 5.52. The topological polar surface area (TPSA) is 46.2 Å². The van der Waals surface area contributed by atoms with E-state index in [1.807, 2.05) is 6.92 Å². The van der Waals surface area contributed by atoms with Crippen molar-refractivity contribution in [2.24, 2.45) is 0 Å². The molecule has 0 bridgehead atoms. The molecule has 112 valence electrons. The zero-order chi connectivity index (χ0) is 15.8. The van der Waals surface area contributed by atoms with Gasteiger partial charge in [0.25, 0.3) is 10.0 Å². The highest BCUT2D eigenvalue weighted by molar-refractivity contribution is 9.10. The molecule has 0 radical (unpaired) electrons. The third-order valence-corrected chi connectivity index (χ3v) is 5.48. The third-order valence-electron chi connectivity index (χ3n) is 2.64. The molecule has 0 aliphatic carbocycles. The molecule has 2 rings (SSSR count). The van der Waals surface area contributed by atoms with Gasteiger partial charge in [-0.2, -0.15) is 0 Å². The van der Waals surface area contributed by atoms with Crippen LogP contribution in [0.15, 0.2) is 39.7 Å². The molecule has 2 aromatic rings.